The average Bonchev–Trinajstić information content (AvgIpc) is 2.77. The monoisotopic (exact) mass is 261 g/mol. The van der Waals surface area contributed by atoms with E-state index in [0.29, 0.717) is 0 Å². The summed E-state index contributed by atoms with van der Waals surface area (Å²) in [4.78, 5) is 6.73. The third-order valence-corrected chi connectivity index (χ3v) is 3.82. The first-order chi connectivity index (χ1) is 8.94. The lowest BCUT2D eigenvalue weighted by Crippen LogP contribution is -2.39. The van der Waals surface area contributed by atoms with Gasteiger partial charge < -0.3 is 5.32 Å². The Kier molecular flexibility index (Phi) is 4.58. The van der Waals surface area contributed by atoms with E-state index >= 15 is 0 Å². The molecule has 1 aliphatic heterocycles. The van der Waals surface area contributed by atoms with Crippen LogP contribution in [0.25, 0.3) is 0 Å². The molecule has 1 N–H and O–H groups in total. The molecule has 2 heterocycles. The molecule has 2 rings (SSSR count). The normalized spacial score (nSPS) is 20.9. The Morgan fingerprint density at radius 2 is 2.21 bits per heavy atom. The molecule has 0 bridgehead atoms. The number of hydrogen-bond acceptors (Lipinski definition) is 3. The molecule has 0 radical (unpaired) electrons. The molecular formula is C16H27N3. The Morgan fingerprint density at radius 1 is 1.42 bits per heavy atom. The Morgan fingerprint density at radius 3 is 2.89 bits per heavy atom. The van der Waals surface area contributed by atoms with Gasteiger partial charge in [-0.25, -0.2) is 0 Å². The third-order valence-electron chi connectivity index (χ3n) is 3.82. The maximum atomic E-state index is 4.16. The zero-order valence-corrected chi connectivity index (χ0v) is 12.7. The summed E-state index contributed by atoms with van der Waals surface area (Å²) < 4.78 is 0. The van der Waals surface area contributed by atoms with Gasteiger partial charge in [0.1, 0.15) is 0 Å². The molecule has 1 aliphatic rings. The highest BCUT2D eigenvalue weighted by molar-refractivity contribution is 5.21. The van der Waals surface area contributed by atoms with Crippen LogP contribution in [0.4, 0.5) is 0 Å². The van der Waals surface area contributed by atoms with E-state index in [0.717, 1.165) is 19.0 Å². The molecule has 3 heteroatoms. The lowest BCUT2D eigenvalue weighted by Gasteiger charge is -2.23. The second-order valence-electron chi connectivity index (χ2n) is 6.82. The Balaban J connectivity index is 1.81. The van der Waals surface area contributed by atoms with Crippen molar-refractivity contribution in [1.29, 1.82) is 0 Å². The van der Waals surface area contributed by atoms with E-state index in [1.807, 2.05) is 12.4 Å². The minimum Gasteiger partial charge on any atom is -0.312 e. The summed E-state index contributed by atoms with van der Waals surface area (Å²) in [6.07, 6.45) is 5.17. The molecule has 1 fully saturated rings. The Hall–Kier alpha value is -0.930. The second-order valence-corrected chi connectivity index (χ2v) is 6.82. The first kappa shape index (κ1) is 14.5. The van der Waals surface area contributed by atoms with Crippen LogP contribution in [0.1, 0.15) is 38.3 Å². The Labute approximate surface area is 117 Å². The van der Waals surface area contributed by atoms with E-state index < -0.39 is 0 Å². The second kappa shape index (κ2) is 6.02. The smallest absolute Gasteiger partial charge is 0.0300 e. The molecule has 0 aromatic carbocycles. The molecule has 1 saturated heterocycles. The SMILES string of the molecule is Cc1cnccc1CN1CCC(CNC(C)(C)C)C1. The summed E-state index contributed by atoms with van der Waals surface area (Å²) in [6.45, 7) is 13.5. The van der Waals surface area contributed by atoms with Crippen LogP contribution in [0.5, 0.6) is 0 Å². The van der Waals surface area contributed by atoms with Crippen molar-refractivity contribution in [3.8, 4) is 0 Å². The number of rotatable bonds is 4. The van der Waals surface area contributed by atoms with Crippen LogP contribution in [0.3, 0.4) is 0 Å². The lowest BCUT2D eigenvalue weighted by atomic mass is 10.1. The Bertz CT molecular complexity index is 409. The molecular weight excluding hydrogens is 234 g/mol. The number of aromatic nitrogens is 1. The van der Waals surface area contributed by atoms with Crippen molar-refractivity contribution in [1.82, 2.24) is 15.2 Å². The van der Waals surface area contributed by atoms with Gasteiger partial charge in [-0.2, -0.15) is 0 Å². The first-order valence-electron chi connectivity index (χ1n) is 7.31. The lowest BCUT2D eigenvalue weighted by molar-refractivity contribution is 0.304. The van der Waals surface area contributed by atoms with Crippen LogP contribution >= 0.6 is 0 Å². The molecule has 19 heavy (non-hydrogen) atoms. The molecule has 0 spiro atoms. The minimum absolute atomic E-state index is 0.231. The van der Waals surface area contributed by atoms with Crippen LogP contribution in [0, 0.1) is 12.8 Å². The maximum Gasteiger partial charge on any atom is 0.0300 e. The molecule has 1 aromatic heterocycles. The number of aryl methyl sites for hydroxylation is 1. The van der Waals surface area contributed by atoms with Crippen molar-refractivity contribution >= 4 is 0 Å². The van der Waals surface area contributed by atoms with Gasteiger partial charge in [0.15, 0.2) is 0 Å². The molecule has 0 aliphatic carbocycles. The highest BCUT2D eigenvalue weighted by Gasteiger charge is 2.23. The van der Waals surface area contributed by atoms with Crippen LogP contribution in [0.15, 0.2) is 18.5 Å². The molecule has 106 valence electrons. The molecule has 0 saturated carbocycles. The summed E-state index contributed by atoms with van der Waals surface area (Å²) in [7, 11) is 0. The van der Waals surface area contributed by atoms with E-state index in [9.17, 15) is 0 Å². The summed E-state index contributed by atoms with van der Waals surface area (Å²) in [6, 6.07) is 2.15. The third kappa shape index (κ3) is 4.59. The number of hydrogen-bond donors (Lipinski definition) is 1. The van der Waals surface area contributed by atoms with Gasteiger partial charge in [0.05, 0.1) is 0 Å². The van der Waals surface area contributed by atoms with Crippen molar-refractivity contribution < 1.29 is 0 Å². The van der Waals surface area contributed by atoms with Gasteiger partial charge in [-0.05, 0) is 70.3 Å². The number of nitrogens with one attached hydrogen (secondary N) is 1. The van der Waals surface area contributed by atoms with Gasteiger partial charge in [-0.1, -0.05) is 0 Å². The summed E-state index contributed by atoms with van der Waals surface area (Å²) in [5, 5.41) is 3.62. The van der Waals surface area contributed by atoms with Crippen molar-refractivity contribution in [3.63, 3.8) is 0 Å². The van der Waals surface area contributed by atoms with Crippen LogP contribution < -0.4 is 5.32 Å². The molecule has 1 atom stereocenters. The fraction of sp³-hybridized carbons (Fsp3) is 0.688. The van der Waals surface area contributed by atoms with E-state index in [1.165, 1.54) is 30.6 Å². The molecule has 1 aromatic rings. The van der Waals surface area contributed by atoms with Crippen molar-refractivity contribution in [2.75, 3.05) is 19.6 Å². The summed E-state index contributed by atoms with van der Waals surface area (Å²) >= 11 is 0. The topological polar surface area (TPSA) is 28.2 Å². The molecule has 0 amide bonds. The van der Waals surface area contributed by atoms with Gasteiger partial charge in [0.25, 0.3) is 0 Å². The maximum absolute atomic E-state index is 4.16. The highest BCUT2D eigenvalue weighted by atomic mass is 15.1. The fourth-order valence-corrected chi connectivity index (χ4v) is 2.59. The van der Waals surface area contributed by atoms with Gasteiger partial charge in [-0.3, -0.25) is 9.88 Å². The van der Waals surface area contributed by atoms with Gasteiger partial charge in [0, 0.05) is 31.0 Å². The minimum atomic E-state index is 0.231. The molecule has 3 nitrogen and oxygen atoms in total. The number of nitrogens with zero attached hydrogens (tertiary/aromatic N) is 2. The van der Waals surface area contributed by atoms with Crippen molar-refractivity contribution in [3.05, 3.63) is 29.6 Å². The van der Waals surface area contributed by atoms with E-state index in [-0.39, 0.29) is 5.54 Å². The zero-order valence-electron chi connectivity index (χ0n) is 12.7. The standard InChI is InChI=1S/C16H27N3/c1-13-9-17-7-5-15(13)12-19-8-6-14(11-19)10-18-16(2,3)4/h5,7,9,14,18H,6,8,10-12H2,1-4H3. The largest absolute Gasteiger partial charge is 0.312 e. The van der Waals surface area contributed by atoms with E-state index in [2.05, 4.69) is 49.0 Å². The fourth-order valence-electron chi connectivity index (χ4n) is 2.59. The first-order valence-corrected chi connectivity index (χ1v) is 7.31. The van der Waals surface area contributed by atoms with Gasteiger partial charge in [-0.15, -0.1) is 0 Å². The summed E-state index contributed by atoms with van der Waals surface area (Å²) in [5.41, 5.74) is 2.95. The summed E-state index contributed by atoms with van der Waals surface area (Å²) in [5.74, 6) is 0.793. The predicted octanol–water partition coefficient (Wildman–Crippen LogP) is 2.60. The predicted molar refractivity (Wildman–Crippen MR) is 80.1 cm³/mol. The highest BCUT2D eigenvalue weighted by Crippen LogP contribution is 2.19. The average molecular weight is 261 g/mol. The van der Waals surface area contributed by atoms with E-state index in [1.54, 1.807) is 0 Å². The molecule has 1 unspecified atom stereocenters. The number of pyridine rings is 1. The van der Waals surface area contributed by atoms with Crippen LogP contribution in [-0.4, -0.2) is 35.1 Å². The van der Waals surface area contributed by atoms with Gasteiger partial charge in [0.2, 0.25) is 0 Å². The van der Waals surface area contributed by atoms with Crippen LogP contribution in [0.2, 0.25) is 0 Å². The van der Waals surface area contributed by atoms with E-state index in [4.69, 9.17) is 0 Å². The van der Waals surface area contributed by atoms with Crippen molar-refractivity contribution in [2.45, 2.75) is 46.2 Å². The van der Waals surface area contributed by atoms with Crippen LogP contribution in [-0.2, 0) is 6.54 Å². The zero-order chi connectivity index (χ0) is 13.9. The van der Waals surface area contributed by atoms with Gasteiger partial charge >= 0.3 is 0 Å². The number of likely N-dealkylation sites (tertiary alicyclic amines) is 1. The quantitative estimate of drug-likeness (QED) is 0.903. The van der Waals surface area contributed by atoms with Crippen molar-refractivity contribution in [2.24, 2.45) is 5.92 Å².